The first kappa shape index (κ1) is 21.6. The summed E-state index contributed by atoms with van der Waals surface area (Å²) in [4.78, 5) is 9.30. The van der Waals surface area contributed by atoms with Crippen LogP contribution >= 0.6 is 0 Å². The number of methoxy groups -OCH3 is 1. The van der Waals surface area contributed by atoms with E-state index in [0.717, 1.165) is 35.2 Å². The zero-order valence-corrected chi connectivity index (χ0v) is 18.8. The minimum Gasteiger partial charge on any atom is -0.497 e. The second-order valence-corrected chi connectivity index (χ2v) is 7.78. The molecule has 0 saturated heterocycles. The highest BCUT2D eigenvalue weighted by Gasteiger charge is 2.14. The third kappa shape index (κ3) is 5.17. The van der Waals surface area contributed by atoms with E-state index in [1.807, 2.05) is 35.1 Å². The minimum atomic E-state index is 0.369. The molecule has 2 heterocycles. The normalized spacial score (nSPS) is 11.0. The third-order valence-corrected chi connectivity index (χ3v) is 5.28. The van der Waals surface area contributed by atoms with Crippen LogP contribution in [0.3, 0.4) is 0 Å². The number of rotatable bonds is 10. The maximum atomic E-state index is 5.85. The van der Waals surface area contributed by atoms with Crippen LogP contribution in [0.5, 0.6) is 11.8 Å². The Bertz CT molecular complexity index is 1150. The lowest BCUT2D eigenvalue weighted by atomic mass is 10.1. The summed E-state index contributed by atoms with van der Waals surface area (Å²) in [5.41, 5.74) is 4.28. The number of aromatic nitrogens is 4. The molecule has 0 atom stereocenters. The summed E-state index contributed by atoms with van der Waals surface area (Å²) >= 11 is 0. The van der Waals surface area contributed by atoms with E-state index in [4.69, 9.17) is 9.47 Å². The van der Waals surface area contributed by atoms with Gasteiger partial charge in [-0.2, -0.15) is 15.1 Å². The minimum absolute atomic E-state index is 0.369. The monoisotopic (exact) mass is 431 g/mol. The molecule has 0 unspecified atom stereocenters. The molecule has 0 radical (unpaired) electrons. The largest absolute Gasteiger partial charge is 0.497 e. The van der Waals surface area contributed by atoms with Crippen molar-refractivity contribution < 1.29 is 9.47 Å². The molecule has 7 heteroatoms. The van der Waals surface area contributed by atoms with Gasteiger partial charge in [0, 0.05) is 6.54 Å². The van der Waals surface area contributed by atoms with Crippen molar-refractivity contribution in [3.05, 3.63) is 71.4 Å². The number of nitrogens with one attached hydrogen (secondary N) is 1. The number of hydrogen-bond donors (Lipinski definition) is 1. The fourth-order valence-electron chi connectivity index (χ4n) is 3.35. The molecule has 0 aliphatic heterocycles. The Labute approximate surface area is 188 Å². The molecule has 2 aromatic carbocycles. The van der Waals surface area contributed by atoms with E-state index in [0.29, 0.717) is 31.5 Å². The zero-order valence-electron chi connectivity index (χ0n) is 18.8. The maximum absolute atomic E-state index is 5.85. The molecule has 0 aliphatic carbocycles. The van der Waals surface area contributed by atoms with Crippen LogP contribution in [0, 0.1) is 6.92 Å². The van der Waals surface area contributed by atoms with Gasteiger partial charge in [0.25, 0.3) is 0 Å². The fraction of sp³-hybridized carbons (Fsp3) is 0.320. The molecule has 7 nitrogen and oxygen atoms in total. The quantitative estimate of drug-likeness (QED) is 0.357. The van der Waals surface area contributed by atoms with Crippen molar-refractivity contribution >= 4 is 16.9 Å². The van der Waals surface area contributed by atoms with Gasteiger partial charge < -0.3 is 14.8 Å². The molecule has 0 fully saturated rings. The molecule has 32 heavy (non-hydrogen) atoms. The van der Waals surface area contributed by atoms with Crippen LogP contribution in [-0.2, 0) is 13.1 Å². The third-order valence-electron chi connectivity index (χ3n) is 5.28. The van der Waals surface area contributed by atoms with Gasteiger partial charge in [-0.15, -0.1) is 0 Å². The summed E-state index contributed by atoms with van der Waals surface area (Å²) in [5, 5.41) is 8.89. The lowest BCUT2D eigenvalue weighted by molar-refractivity contribution is 0.286. The first-order valence-electron chi connectivity index (χ1n) is 10.9. The molecule has 166 valence electrons. The van der Waals surface area contributed by atoms with E-state index in [-0.39, 0.29) is 0 Å². The summed E-state index contributed by atoms with van der Waals surface area (Å²) in [7, 11) is 1.67. The van der Waals surface area contributed by atoms with Crippen molar-refractivity contribution in [2.45, 2.75) is 39.8 Å². The molecule has 4 rings (SSSR count). The van der Waals surface area contributed by atoms with E-state index in [2.05, 4.69) is 58.5 Å². The summed E-state index contributed by atoms with van der Waals surface area (Å²) < 4.78 is 13.0. The average Bonchev–Trinajstić information content (AvgIpc) is 3.22. The Morgan fingerprint density at radius 3 is 2.44 bits per heavy atom. The highest BCUT2D eigenvalue weighted by molar-refractivity contribution is 5.86. The number of anilines is 1. The highest BCUT2D eigenvalue weighted by Crippen LogP contribution is 2.24. The molecular formula is C25H29N5O2. The summed E-state index contributed by atoms with van der Waals surface area (Å²) in [6.07, 6.45) is 3.82. The van der Waals surface area contributed by atoms with E-state index in [9.17, 15) is 0 Å². The molecule has 0 bridgehead atoms. The Morgan fingerprint density at radius 2 is 1.72 bits per heavy atom. The predicted octanol–water partition coefficient (Wildman–Crippen LogP) is 4.98. The van der Waals surface area contributed by atoms with E-state index < -0.39 is 0 Å². The lowest BCUT2D eigenvalue weighted by Crippen LogP contribution is -2.08. The van der Waals surface area contributed by atoms with Gasteiger partial charge in [-0.25, -0.2) is 4.68 Å². The van der Waals surface area contributed by atoms with Crippen molar-refractivity contribution in [3.63, 3.8) is 0 Å². The van der Waals surface area contributed by atoms with Crippen molar-refractivity contribution in [2.75, 3.05) is 19.0 Å². The Hall–Kier alpha value is -3.61. The number of nitrogens with zero attached hydrogens (tertiary/aromatic N) is 4. The topological polar surface area (TPSA) is 74.1 Å². The van der Waals surface area contributed by atoms with Gasteiger partial charge in [-0.3, -0.25) is 0 Å². The summed E-state index contributed by atoms with van der Waals surface area (Å²) in [5.74, 6) is 1.55. The van der Waals surface area contributed by atoms with E-state index >= 15 is 0 Å². The number of fused-ring (bicyclic) bond motifs is 1. The van der Waals surface area contributed by atoms with Crippen molar-refractivity contribution in [1.82, 2.24) is 19.7 Å². The number of hydrogen-bond acceptors (Lipinski definition) is 6. The SMILES string of the molecule is CCCCOc1nc(NCc2ccc(OC)cc2)c2cnn(Cc3ccc(C)cc3)c2n1. The van der Waals surface area contributed by atoms with Crippen LogP contribution in [0.4, 0.5) is 5.82 Å². The van der Waals surface area contributed by atoms with Crippen LogP contribution < -0.4 is 14.8 Å². The molecule has 4 aromatic rings. The first-order chi connectivity index (χ1) is 15.7. The average molecular weight is 432 g/mol. The van der Waals surface area contributed by atoms with Crippen LogP contribution in [-0.4, -0.2) is 33.5 Å². The van der Waals surface area contributed by atoms with Gasteiger partial charge in [0.15, 0.2) is 5.65 Å². The van der Waals surface area contributed by atoms with Crippen LogP contribution in [0.25, 0.3) is 11.0 Å². The lowest BCUT2D eigenvalue weighted by Gasteiger charge is -2.11. The van der Waals surface area contributed by atoms with E-state index in [1.54, 1.807) is 7.11 Å². The second kappa shape index (κ2) is 10.1. The second-order valence-electron chi connectivity index (χ2n) is 7.78. The van der Waals surface area contributed by atoms with Gasteiger partial charge in [0.2, 0.25) is 0 Å². The van der Waals surface area contributed by atoms with Crippen LogP contribution in [0.2, 0.25) is 0 Å². The number of ether oxygens (including phenoxy) is 2. The first-order valence-corrected chi connectivity index (χ1v) is 10.9. The van der Waals surface area contributed by atoms with Crippen molar-refractivity contribution in [3.8, 4) is 11.8 Å². The Balaban J connectivity index is 1.61. The van der Waals surface area contributed by atoms with Crippen LogP contribution in [0.1, 0.15) is 36.5 Å². The Kier molecular flexibility index (Phi) is 6.84. The molecule has 0 amide bonds. The molecule has 2 aromatic heterocycles. The highest BCUT2D eigenvalue weighted by atomic mass is 16.5. The molecule has 0 aliphatic rings. The van der Waals surface area contributed by atoms with Gasteiger partial charge in [-0.1, -0.05) is 55.3 Å². The predicted molar refractivity (Wildman–Crippen MR) is 126 cm³/mol. The molecule has 1 N–H and O–H groups in total. The standard InChI is InChI=1S/C25H29N5O2/c1-4-5-14-32-25-28-23(26-15-19-10-12-21(31-3)13-11-19)22-16-27-30(24(22)29-25)17-20-8-6-18(2)7-9-20/h6-13,16H,4-5,14-15,17H2,1-3H3,(H,26,28,29). The summed E-state index contributed by atoms with van der Waals surface area (Å²) in [6.45, 7) is 6.06. The smallest absolute Gasteiger partial charge is 0.320 e. The summed E-state index contributed by atoms with van der Waals surface area (Å²) in [6, 6.07) is 16.8. The molecular weight excluding hydrogens is 402 g/mol. The Morgan fingerprint density at radius 1 is 0.969 bits per heavy atom. The fourth-order valence-corrected chi connectivity index (χ4v) is 3.35. The zero-order chi connectivity index (χ0) is 22.3. The molecule has 0 spiro atoms. The molecule has 0 saturated carbocycles. The van der Waals surface area contributed by atoms with Crippen LogP contribution in [0.15, 0.2) is 54.7 Å². The number of unbranched alkanes of at least 4 members (excludes halogenated alkanes) is 1. The number of benzene rings is 2. The van der Waals surface area contributed by atoms with Gasteiger partial charge >= 0.3 is 6.01 Å². The van der Waals surface area contributed by atoms with Gasteiger partial charge in [-0.05, 0) is 36.6 Å². The van der Waals surface area contributed by atoms with Crippen molar-refractivity contribution in [2.24, 2.45) is 0 Å². The van der Waals surface area contributed by atoms with Gasteiger partial charge in [0.05, 0.1) is 31.8 Å². The number of aryl methyl sites for hydroxylation is 1. The maximum Gasteiger partial charge on any atom is 0.320 e. The van der Waals surface area contributed by atoms with E-state index in [1.165, 1.54) is 11.1 Å². The van der Waals surface area contributed by atoms with Gasteiger partial charge in [0.1, 0.15) is 11.6 Å². The van der Waals surface area contributed by atoms with Crippen molar-refractivity contribution in [1.29, 1.82) is 0 Å².